The Kier molecular flexibility index (Phi) is 2.47. The Morgan fingerprint density at radius 1 is 1.60 bits per heavy atom. The third-order valence-electron chi connectivity index (χ3n) is 2.22. The van der Waals surface area contributed by atoms with E-state index in [-0.39, 0.29) is 23.3 Å². The van der Waals surface area contributed by atoms with Crippen LogP contribution in [0.3, 0.4) is 0 Å². The molecule has 1 aliphatic rings. The lowest BCUT2D eigenvalue weighted by Crippen LogP contribution is -2.35. The minimum absolute atomic E-state index is 0.00682. The van der Waals surface area contributed by atoms with Crippen molar-refractivity contribution in [3.05, 3.63) is 18.4 Å². The van der Waals surface area contributed by atoms with Crippen molar-refractivity contribution >= 4 is 15.7 Å². The molecule has 1 saturated heterocycles. The average molecular weight is 230 g/mol. The molecule has 1 aromatic heterocycles. The molecule has 0 aliphatic carbocycles. The van der Waals surface area contributed by atoms with Crippen LogP contribution >= 0.6 is 0 Å². The highest BCUT2D eigenvalue weighted by Gasteiger charge is 2.29. The van der Waals surface area contributed by atoms with Crippen LogP contribution in [0.1, 0.15) is 17.0 Å². The lowest BCUT2D eigenvalue weighted by atomic mass is 10.2. The number of oxazole rings is 1. The van der Waals surface area contributed by atoms with E-state index in [9.17, 15) is 13.2 Å². The number of carbonyl (C=O) groups is 1. The average Bonchev–Trinajstić information content (AvgIpc) is 2.74. The zero-order chi connectivity index (χ0) is 10.9. The Balaban J connectivity index is 1.97. The van der Waals surface area contributed by atoms with Crippen LogP contribution in [0.5, 0.6) is 0 Å². The van der Waals surface area contributed by atoms with Gasteiger partial charge in [-0.05, 0) is 6.42 Å². The van der Waals surface area contributed by atoms with Gasteiger partial charge in [0.15, 0.2) is 16.2 Å². The van der Waals surface area contributed by atoms with Crippen molar-refractivity contribution in [2.75, 3.05) is 11.5 Å². The molecule has 2 heterocycles. The van der Waals surface area contributed by atoms with Crippen LogP contribution in [0, 0.1) is 0 Å². The summed E-state index contributed by atoms with van der Waals surface area (Å²) in [4.78, 5) is 15.0. The number of rotatable bonds is 2. The summed E-state index contributed by atoms with van der Waals surface area (Å²) in [6.07, 6.45) is 2.90. The van der Waals surface area contributed by atoms with Gasteiger partial charge in [-0.1, -0.05) is 0 Å². The third kappa shape index (κ3) is 2.35. The van der Waals surface area contributed by atoms with Crippen LogP contribution in [0.4, 0.5) is 0 Å². The number of amides is 1. The van der Waals surface area contributed by atoms with Gasteiger partial charge in [0, 0.05) is 6.04 Å². The Bertz CT molecular complexity index is 451. The summed E-state index contributed by atoms with van der Waals surface area (Å²) in [5, 5.41) is 2.59. The zero-order valence-electron chi connectivity index (χ0n) is 7.84. The molecule has 82 valence electrons. The summed E-state index contributed by atoms with van der Waals surface area (Å²) >= 11 is 0. The van der Waals surface area contributed by atoms with Gasteiger partial charge in [0.2, 0.25) is 5.76 Å². The van der Waals surface area contributed by atoms with Crippen molar-refractivity contribution in [3.8, 4) is 0 Å². The van der Waals surface area contributed by atoms with Crippen LogP contribution in [0.25, 0.3) is 0 Å². The summed E-state index contributed by atoms with van der Waals surface area (Å²) < 4.78 is 27.0. The van der Waals surface area contributed by atoms with Crippen molar-refractivity contribution in [1.29, 1.82) is 0 Å². The van der Waals surface area contributed by atoms with E-state index >= 15 is 0 Å². The summed E-state index contributed by atoms with van der Waals surface area (Å²) in [5.41, 5.74) is 0. The molecule has 0 radical (unpaired) electrons. The smallest absolute Gasteiger partial charge is 0.288 e. The van der Waals surface area contributed by atoms with Gasteiger partial charge in [0.05, 0.1) is 17.7 Å². The Labute approximate surface area is 86.6 Å². The third-order valence-corrected chi connectivity index (χ3v) is 3.99. The molecule has 7 heteroatoms. The normalized spacial score (nSPS) is 23.9. The maximum Gasteiger partial charge on any atom is 0.288 e. The molecule has 0 saturated carbocycles. The van der Waals surface area contributed by atoms with Crippen molar-refractivity contribution in [2.45, 2.75) is 12.5 Å². The Hall–Kier alpha value is -1.37. The zero-order valence-corrected chi connectivity index (χ0v) is 8.66. The molecule has 0 spiro atoms. The molecule has 0 aromatic carbocycles. The van der Waals surface area contributed by atoms with Gasteiger partial charge in [-0.3, -0.25) is 4.79 Å². The van der Waals surface area contributed by atoms with Crippen LogP contribution < -0.4 is 5.32 Å². The second kappa shape index (κ2) is 3.65. The van der Waals surface area contributed by atoms with Crippen molar-refractivity contribution in [2.24, 2.45) is 0 Å². The van der Waals surface area contributed by atoms with Crippen molar-refractivity contribution in [3.63, 3.8) is 0 Å². The number of sulfone groups is 1. The molecule has 0 bridgehead atoms. The molecule has 1 unspecified atom stereocenters. The second-order valence-electron chi connectivity index (χ2n) is 3.44. The number of hydrogen-bond acceptors (Lipinski definition) is 5. The van der Waals surface area contributed by atoms with Gasteiger partial charge in [0.1, 0.15) is 0 Å². The van der Waals surface area contributed by atoms with Gasteiger partial charge >= 0.3 is 0 Å². The molecule has 1 fully saturated rings. The highest BCUT2D eigenvalue weighted by Crippen LogP contribution is 2.11. The molecule has 1 amide bonds. The first kappa shape index (κ1) is 10.2. The van der Waals surface area contributed by atoms with E-state index in [1.807, 2.05) is 0 Å². The van der Waals surface area contributed by atoms with Crippen molar-refractivity contribution < 1.29 is 17.6 Å². The lowest BCUT2D eigenvalue weighted by molar-refractivity contribution is 0.0913. The van der Waals surface area contributed by atoms with E-state index < -0.39 is 15.7 Å². The lowest BCUT2D eigenvalue weighted by Gasteiger charge is -2.08. The maximum absolute atomic E-state index is 11.4. The predicted molar refractivity (Wildman–Crippen MR) is 51.0 cm³/mol. The van der Waals surface area contributed by atoms with E-state index in [0.717, 1.165) is 6.39 Å². The molecule has 15 heavy (non-hydrogen) atoms. The molecule has 1 N–H and O–H groups in total. The number of nitrogens with zero attached hydrogens (tertiary/aromatic N) is 1. The van der Waals surface area contributed by atoms with Crippen LogP contribution in [0.15, 0.2) is 17.0 Å². The Morgan fingerprint density at radius 2 is 2.40 bits per heavy atom. The number of aromatic nitrogens is 1. The van der Waals surface area contributed by atoms with E-state index in [0.29, 0.717) is 6.42 Å². The summed E-state index contributed by atoms with van der Waals surface area (Å²) in [5.74, 6) is -0.185. The quantitative estimate of drug-likeness (QED) is 0.746. The minimum atomic E-state index is -2.97. The van der Waals surface area contributed by atoms with Gasteiger partial charge in [0.25, 0.3) is 5.91 Å². The van der Waals surface area contributed by atoms with Gasteiger partial charge in [-0.2, -0.15) is 0 Å². The number of nitrogens with one attached hydrogen (secondary N) is 1. The maximum atomic E-state index is 11.4. The standard InChI is InChI=1S/C8H10N2O4S/c11-8(7-3-9-5-14-7)10-6-1-2-15(12,13)4-6/h3,5-6H,1-2,4H2,(H,10,11). The summed E-state index contributed by atoms with van der Waals surface area (Å²) in [6, 6.07) is -0.312. The van der Waals surface area contributed by atoms with Crippen LogP contribution in [-0.4, -0.2) is 36.9 Å². The van der Waals surface area contributed by atoms with E-state index in [2.05, 4.69) is 10.3 Å². The fraction of sp³-hybridized carbons (Fsp3) is 0.500. The molecule has 1 aliphatic heterocycles. The second-order valence-corrected chi connectivity index (χ2v) is 5.67. The van der Waals surface area contributed by atoms with Gasteiger partial charge in [-0.15, -0.1) is 0 Å². The minimum Gasteiger partial charge on any atom is -0.438 e. The summed E-state index contributed by atoms with van der Waals surface area (Å²) in [7, 11) is -2.97. The predicted octanol–water partition coefficient (Wildman–Crippen LogP) is -0.408. The molecular formula is C8H10N2O4S. The molecule has 1 aromatic rings. The van der Waals surface area contributed by atoms with Crippen molar-refractivity contribution in [1.82, 2.24) is 10.3 Å². The van der Waals surface area contributed by atoms with Gasteiger partial charge in [-0.25, -0.2) is 13.4 Å². The highest BCUT2D eigenvalue weighted by atomic mass is 32.2. The first-order chi connectivity index (χ1) is 7.07. The SMILES string of the molecule is O=C(NC1CCS(=O)(=O)C1)c1cnco1. The first-order valence-corrected chi connectivity index (χ1v) is 6.29. The van der Waals surface area contributed by atoms with E-state index in [1.165, 1.54) is 6.20 Å². The first-order valence-electron chi connectivity index (χ1n) is 4.46. The van der Waals surface area contributed by atoms with Crippen LogP contribution in [-0.2, 0) is 9.84 Å². The summed E-state index contributed by atoms with van der Waals surface area (Å²) in [6.45, 7) is 0. The monoisotopic (exact) mass is 230 g/mol. The molecular weight excluding hydrogens is 220 g/mol. The number of carbonyl (C=O) groups excluding carboxylic acids is 1. The van der Waals surface area contributed by atoms with Crippen LogP contribution in [0.2, 0.25) is 0 Å². The van der Waals surface area contributed by atoms with E-state index in [1.54, 1.807) is 0 Å². The highest BCUT2D eigenvalue weighted by molar-refractivity contribution is 7.91. The molecule has 2 rings (SSSR count). The molecule has 6 nitrogen and oxygen atoms in total. The van der Waals surface area contributed by atoms with Gasteiger partial charge < -0.3 is 9.73 Å². The fourth-order valence-corrected chi connectivity index (χ4v) is 3.17. The Morgan fingerprint density at radius 3 is 2.93 bits per heavy atom. The number of hydrogen-bond donors (Lipinski definition) is 1. The fourth-order valence-electron chi connectivity index (χ4n) is 1.49. The topological polar surface area (TPSA) is 89.3 Å². The van der Waals surface area contributed by atoms with E-state index in [4.69, 9.17) is 4.42 Å². The largest absolute Gasteiger partial charge is 0.438 e. The molecule has 1 atom stereocenters.